The Hall–Kier alpha value is -2.52. The van der Waals surface area contributed by atoms with Crippen molar-refractivity contribution in [1.82, 2.24) is 10.3 Å². The Morgan fingerprint density at radius 1 is 1.32 bits per heavy atom. The first kappa shape index (κ1) is 31.7. The van der Waals surface area contributed by atoms with Crippen LogP contribution in [0.2, 0.25) is 0 Å². The van der Waals surface area contributed by atoms with E-state index in [-0.39, 0.29) is 63.1 Å². The van der Waals surface area contributed by atoms with E-state index in [0.29, 0.717) is 0 Å². The zero-order chi connectivity index (χ0) is 27.8. The number of rotatable bonds is 6. The predicted molar refractivity (Wildman–Crippen MR) is 131 cm³/mol. The minimum Gasteiger partial charge on any atom is -0.566 e. The van der Waals surface area contributed by atoms with Crippen molar-refractivity contribution in [2.75, 3.05) is 20.3 Å². The summed E-state index contributed by atoms with van der Waals surface area (Å²) in [7, 11) is 1.27. The van der Waals surface area contributed by atoms with Crippen LogP contribution in [0, 0.1) is 6.42 Å². The number of benzene rings is 1. The summed E-state index contributed by atoms with van der Waals surface area (Å²) >= 11 is 3.01. The first-order valence-corrected chi connectivity index (χ1v) is 11.7. The molecule has 4 N–H and O–H groups in total. The number of halogens is 4. The zero-order valence-electron chi connectivity index (χ0n) is 20.9. The number of hydrogen-bond donors (Lipinski definition) is 3. The van der Waals surface area contributed by atoms with Gasteiger partial charge in [0.05, 0.1) is 19.3 Å². The van der Waals surface area contributed by atoms with E-state index >= 15 is 0 Å². The van der Waals surface area contributed by atoms with Crippen LogP contribution in [-0.4, -0.2) is 48.3 Å². The Kier molecular flexibility index (Phi) is 9.76. The van der Waals surface area contributed by atoms with E-state index in [1.165, 1.54) is 32.9 Å². The Labute approximate surface area is 237 Å². The van der Waals surface area contributed by atoms with Crippen molar-refractivity contribution in [2.24, 2.45) is 5.73 Å². The second-order valence-corrected chi connectivity index (χ2v) is 9.50. The van der Waals surface area contributed by atoms with Crippen molar-refractivity contribution in [1.29, 1.82) is 0 Å². The van der Waals surface area contributed by atoms with Crippen LogP contribution in [0.4, 0.5) is 13.2 Å². The number of nitrogens with zero attached hydrogens (tertiary/aromatic N) is 1. The fourth-order valence-corrected chi connectivity index (χ4v) is 3.87. The van der Waals surface area contributed by atoms with E-state index in [9.17, 15) is 27.9 Å². The van der Waals surface area contributed by atoms with Crippen LogP contribution in [0.15, 0.2) is 22.8 Å². The molecule has 4 rings (SSSR count). The van der Waals surface area contributed by atoms with Gasteiger partial charge in [-0.2, -0.15) is 13.2 Å². The zero-order valence-corrected chi connectivity index (χ0v) is 22.5. The third kappa shape index (κ3) is 6.20. The van der Waals surface area contributed by atoms with E-state index in [2.05, 4.69) is 27.3 Å². The number of alkyl halides is 3. The molecule has 0 spiro atoms. The predicted octanol–water partition coefficient (Wildman–Crippen LogP) is -1.27. The molecule has 200 valence electrons. The molecule has 2 aromatic rings. The molecule has 1 unspecified atom stereocenters. The van der Waals surface area contributed by atoms with Crippen LogP contribution in [0.25, 0.3) is 13.2 Å². The van der Waals surface area contributed by atoms with E-state index in [0.717, 1.165) is 12.1 Å². The number of pyridine rings is 1. The fraction of sp³-hybridized carbons (Fsp3) is 0.360. The summed E-state index contributed by atoms with van der Waals surface area (Å²) in [5, 5.41) is 12.8. The van der Waals surface area contributed by atoms with E-state index in [1.807, 2.05) is 5.32 Å². The molecule has 0 saturated heterocycles. The van der Waals surface area contributed by atoms with E-state index in [1.54, 1.807) is 0 Å². The summed E-state index contributed by atoms with van der Waals surface area (Å²) in [6, 6.07) is 3.23. The van der Waals surface area contributed by atoms with Crippen LogP contribution in [-0.2, 0) is 15.8 Å². The molecule has 2 heterocycles. The van der Waals surface area contributed by atoms with Gasteiger partial charge in [-0.05, 0) is 40.2 Å². The number of methoxy groups -OCH3 is 1. The summed E-state index contributed by atoms with van der Waals surface area (Å²) in [5.74, 6) is -1.75. The number of primary amides is 1. The maximum absolute atomic E-state index is 14.1. The van der Waals surface area contributed by atoms with Crippen molar-refractivity contribution in [3.05, 3.63) is 56.5 Å². The number of hydrogen-bond acceptors (Lipinski definition) is 6. The number of fused-ring (bicyclic) bond motifs is 1. The quantitative estimate of drug-likeness (QED) is 0.219. The first-order valence-electron chi connectivity index (χ1n) is 10.9. The van der Waals surface area contributed by atoms with Gasteiger partial charge in [0, 0.05) is 5.56 Å². The second kappa shape index (κ2) is 11.7. The van der Waals surface area contributed by atoms with Crippen LogP contribution in [0.3, 0.4) is 0 Å². The van der Waals surface area contributed by atoms with Gasteiger partial charge in [-0.1, -0.05) is 6.07 Å². The van der Waals surface area contributed by atoms with Gasteiger partial charge < -0.3 is 37.3 Å². The molecule has 1 aromatic carbocycles. The molecule has 2 amide bonds. The van der Waals surface area contributed by atoms with Gasteiger partial charge in [-0.3, -0.25) is 28.0 Å². The van der Waals surface area contributed by atoms with Crippen molar-refractivity contribution < 1.29 is 56.2 Å². The molecule has 38 heavy (non-hydrogen) atoms. The molecule has 1 aliphatic heterocycles. The summed E-state index contributed by atoms with van der Waals surface area (Å²) in [4.78, 5) is 28.3. The van der Waals surface area contributed by atoms with E-state index < -0.39 is 41.2 Å². The number of nitrogens with two attached hydrogens (primary N) is 1. The maximum Gasteiger partial charge on any atom is 1.00 e. The summed E-state index contributed by atoms with van der Waals surface area (Å²) in [6.45, 7) is 11.3. The number of nitrogens with one attached hydrogen (secondary N) is 1. The molecule has 2 aliphatic rings. The number of amides is 2. The van der Waals surface area contributed by atoms with Gasteiger partial charge in [0.15, 0.2) is 5.75 Å². The van der Waals surface area contributed by atoms with Gasteiger partial charge in [-0.15, -0.1) is 0 Å². The molecular formula is C25H24BrF3LiN3O5-2. The Morgan fingerprint density at radius 3 is 2.42 bits per heavy atom. The standard InChI is InChI=1S/C22H19BrF3N3O5.C3H5.Li/c1-10-5-12(6-14(33-4)11(10)2)18(30)28-8-21(32,22(24,25)26)15-7-13-16(17(23)29-15)34-9-20(13,3)19(27)31;1-2-3-1;/h1-2,5-7,32H,8-9H2,3-4H3,(H2,27,31)(H,28,30);1H,2-3H2;/q-2;-1;+1/t20-,21?;;/m0../s1. The smallest absolute Gasteiger partial charge is 0.566 e. The molecule has 1 aromatic heterocycles. The van der Waals surface area contributed by atoms with Gasteiger partial charge >= 0.3 is 25.0 Å². The summed E-state index contributed by atoms with van der Waals surface area (Å²) in [6.07, 6.45) is -0.276. The second-order valence-electron chi connectivity index (χ2n) is 8.75. The van der Waals surface area contributed by atoms with Crippen LogP contribution in [0.1, 0.15) is 41.4 Å². The average molecular weight is 590 g/mol. The van der Waals surface area contributed by atoms with Crippen molar-refractivity contribution in [3.63, 3.8) is 0 Å². The first-order chi connectivity index (χ1) is 17.2. The molecule has 1 saturated carbocycles. The third-order valence-electron chi connectivity index (χ3n) is 5.92. The maximum atomic E-state index is 14.1. The number of carbonyl (C=O) groups is 2. The topological polar surface area (TPSA) is 124 Å². The molecular weight excluding hydrogens is 566 g/mol. The molecule has 8 nitrogen and oxygen atoms in total. The van der Waals surface area contributed by atoms with Crippen LogP contribution >= 0.6 is 15.9 Å². The number of ether oxygens (including phenoxy) is 2. The van der Waals surface area contributed by atoms with E-state index in [4.69, 9.17) is 28.4 Å². The van der Waals surface area contributed by atoms with Crippen LogP contribution < -0.4 is 49.8 Å². The molecule has 1 fully saturated rings. The molecule has 1 aliphatic carbocycles. The third-order valence-corrected chi connectivity index (χ3v) is 6.45. The summed E-state index contributed by atoms with van der Waals surface area (Å²) in [5.41, 5.74) is -0.672. The van der Waals surface area contributed by atoms with Gasteiger partial charge in [-0.25, -0.2) is 23.9 Å². The minimum absolute atomic E-state index is 0. The van der Waals surface area contributed by atoms with Gasteiger partial charge in [0.25, 0.3) is 0 Å². The van der Waals surface area contributed by atoms with Gasteiger partial charge in [0.2, 0.25) is 17.4 Å². The number of aliphatic hydroxyl groups is 1. The van der Waals surface area contributed by atoms with Crippen molar-refractivity contribution in [3.8, 4) is 11.5 Å². The summed E-state index contributed by atoms with van der Waals surface area (Å²) < 4.78 is 52.4. The number of aromatic nitrogens is 1. The minimum atomic E-state index is -5.28. The monoisotopic (exact) mass is 589 g/mol. The number of carbonyl (C=O) groups excluding carboxylic acids is 2. The largest absolute Gasteiger partial charge is 1.00 e. The normalized spacial score (nSPS) is 18.9. The molecule has 13 heteroatoms. The molecule has 2 atom stereocenters. The SMILES string of the molecule is [CH-]1CC1.[CH-]=c1cc(C(=O)NCC(O)(c2cc3c(c(Br)n2)OC[C@]3(C)C(N)=O)C(F)(F)F)cc(OC)c1=[CH-].[Li+]. The van der Waals surface area contributed by atoms with Crippen LogP contribution in [0.5, 0.6) is 11.5 Å². The van der Waals surface area contributed by atoms with Crippen molar-refractivity contribution in [2.45, 2.75) is 37.0 Å². The Morgan fingerprint density at radius 2 is 1.92 bits per heavy atom. The molecule has 0 bridgehead atoms. The fourth-order valence-electron chi connectivity index (χ4n) is 3.35. The average Bonchev–Trinajstić information content (AvgIpc) is 3.67. The van der Waals surface area contributed by atoms with Gasteiger partial charge in [0.1, 0.15) is 16.6 Å². The molecule has 0 radical (unpaired) electrons. The Balaban J connectivity index is 0.00000118. The van der Waals surface area contributed by atoms with Crippen molar-refractivity contribution >= 4 is 40.9 Å². The Bertz CT molecular complexity index is 1340.